The second-order valence-corrected chi connectivity index (χ2v) is 7.85. The number of anilines is 1. The first-order valence-electron chi connectivity index (χ1n) is 9.20. The Morgan fingerprint density at radius 3 is 2.31 bits per heavy atom. The average Bonchev–Trinajstić information content (AvgIpc) is 3.16. The standard InChI is InChI=1S/C19H12Cl2F7N3O4/c20-11-4-9(5-12(21)15(11)22)17(18(23,24)25)6-14(31-35-17)30-10-1-2-13(34-19(26,27)28)8(3-10)7-29-16(32)33/h1-5,29H,6-7H2,(H,30,31)(H,32,33). The molecule has 0 radical (unpaired) electrons. The number of benzene rings is 2. The van der Waals surface area contributed by atoms with Crippen molar-refractivity contribution in [2.75, 3.05) is 5.32 Å². The Kier molecular flexibility index (Phi) is 7.18. The van der Waals surface area contributed by atoms with Gasteiger partial charge in [0.25, 0.3) is 5.60 Å². The van der Waals surface area contributed by atoms with Gasteiger partial charge in [-0.25, -0.2) is 9.18 Å². The Morgan fingerprint density at radius 1 is 1.14 bits per heavy atom. The van der Waals surface area contributed by atoms with Gasteiger partial charge in [-0.3, -0.25) is 0 Å². The molecule has 0 aliphatic carbocycles. The summed E-state index contributed by atoms with van der Waals surface area (Å²) in [5, 5.41) is 15.1. The van der Waals surface area contributed by atoms with Crippen LogP contribution in [0.2, 0.25) is 10.0 Å². The van der Waals surface area contributed by atoms with Crippen LogP contribution in [0.15, 0.2) is 35.5 Å². The molecule has 0 saturated carbocycles. The zero-order valence-corrected chi connectivity index (χ0v) is 18.3. The molecule has 0 bridgehead atoms. The second-order valence-electron chi connectivity index (χ2n) is 7.04. The van der Waals surface area contributed by atoms with Gasteiger partial charge in [0.15, 0.2) is 11.7 Å². The number of oxime groups is 1. The van der Waals surface area contributed by atoms with Crippen LogP contribution in [0.5, 0.6) is 5.75 Å². The number of carbonyl (C=O) groups is 1. The van der Waals surface area contributed by atoms with Crippen molar-refractivity contribution in [3.8, 4) is 5.75 Å². The van der Waals surface area contributed by atoms with Gasteiger partial charge in [-0.2, -0.15) is 13.2 Å². The molecule has 3 rings (SSSR count). The fraction of sp³-hybridized carbons (Fsp3) is 0.263. The third-order valence-corrected chi connectivity index (χ3v) is 5.19. The highest BCUT2D eigenvalue weighted by molar-refractivity contribution is 6.35. The van der Waals surface area contributed by atoms with Gasteiger partial charge in [-0.05, 0) is 30.3 Å². The van der Waals surface area contributed by atoms with Gasteiger partial charge in [0.1, 0.15) is 5.75 Å². The van der Waals surface area contributed by atoms with Crippen molar-refractivity contribution >= 4 is 40.8 Å². The van der Waals surface area contributed by atoms with Crippen LogP contribution in [-0.2, 0) is 17.0 Å². The summed E-state index contributed by atoms with van der Waals surface area (Å²) in [6.07, 6.45) is -12.7. The van der Waals surface area contributed by atoms with Crippen LogP contribution in [0, 0.1) is 5.82 Å². The molecule has 1 aliphatic rings. The number of amides is 1. The van der Waals surface area contributed by atoms with Gasteiger partial charge < -0.3 is 25.3 Å². The molecule has 2 aromatic rings. The highest BCUT2D eigenvalue weighted by Gasteiger charge is 2.62. The number of carboxylic acid groups (broad SMARTS) is 1. The fourth-order valence-corrected chi connectivity index (χ4v) is 3.60. The first-order valence-corrected chi connectivity index (χ1v) is 9.96. The van der Waals surface area contributed by atoms with Crippen molar-refractivity contribution in [1.29, 1.82) is 0 Å². The lowest BCUT2D eigenvalue weighted by molar-refractivity contribution is -0.276. The molecule has 0 aromatic heterocycles. The lowest BCUT2D eigenvalue weighted by Gasteiger charge is -2.29. The van der Waals surface area contributed by atoms with Crippen molar-refractivity contribution in [3.05, 3.63) is 57.3 Å². The Balaban J connectivity index is 1.89. The third kappa shape index (κ3) is 5.93. The molecule has 1 aliphatic heterocycles. The van der Waals surface area contributed by atoms with Crippen LogP contribution in [0.25, 0.3) is 0 Å². The lowest BCUT2D eigenvalue weighted by Crippen LogP contribution is -2.43. The topological polar surface area (TPSA) is 92.2 Å². The van der Waals surface area contributed by atoms with Crippen LogP contribution in [0.1, 0.15) is 17.5 Å². The molecule has 35 heavy (non-hydrogen) atoms. The first-order chi connectivity index (χ1) is 16.1. The van der Waals surface area contributed by atoms with E-state index in [0.717, 1.165) is 18.2 Å². The van der Waals surface area contributed by atoms with Crippen LogP contribution in [0.4, 0.5) is 41.2 Å². The van der Waals surface area contributed by atoms with E-state index in [1.165, 1.54) is 0 Å². The number of halogens is 9. The number of nitrogens with one attached hydrogen (secondary N) is 2. The number of amidine groups is 1. The van der Waals surface area contributed by atoms with E-state index in [0.29, 0.717) is 12.1 Å². The van der Waals surface area contributed by atoms with Gasteiger partial charge in [0.05, 0.1) is 16.5 Å². The van der Waals surface area contributed by atoms with E-state index in [2.05, 4.69) is 15.2 Å². The van der Waals surface area contributed by atoms with Gasteiger partial charge >= 0.3 is 18.6 Å². The molecular formula is C19H12Cl2F7N3O4. The molecule has 3 N–H and O–H groups in total. The van der Waals surface area contributed by atoms with E-state index in [-0.39, 0.29) is 11.3 Å². The van der Waals surface area contributed by atoms with Crippen LogP contribution >= 0.6 is 23.2 Å². The maximum atomic E-state index is 14.0. The van der Waals surface area contributed by atoms with Crippen LogP contribution < -0.4 is 15.4 Å². The summed E-state index contributed by atoms with van der Waals surface area (Å²) >= 11 is 11.3. The first kappa shape index (κ1) is 26.5. The summed E-state index contributed by atoms with van der Waals surface area (Å²) in [4.78, 5) is 15.4. The molecule has 16 heteroatoms. The molecule has 1 atom stereocenters. The Labute approximate surface area is 201 Å². The molecular weight excluding hydrogens is 538 g/mol. The van der Waals surface area contributed by atoms with E-state index in [9.17, 15) is 35.5 Å². The minimum Gasteiger partial charge on any atom is -0.465 e. The molecule has 0 spiro atoms. The average molecular weight is 550 g/mol. The van der Waals surface area contributed by atoms with Gasteiger partial charge in [-0.15, -0.1) is 13.2 Å². The normalized spacial score (nSPS) is 18.0. The number of alkyl halides is 6. The highest BCUT2D eigenvalue weighted by Crippen LogP contribution is 2.49. The van der Waals surface area contributed by atoms with Crippen molar-refractivity contribution in [1.82, 2.24) is 5.32 Å². The minimum atomic E-state index is -5.08. The van der Waals surface area contributed by atoms with Crippen molar-refractivity contribution < 1.29 is 50.2 Å². The Morgan fingerprint density at radius 2 is 1.77 bits per heavy atom. The number of hydrogen-bond acceptors (Lipinski definition) is 5. The van der Waals surface area contributed by atoms with Crippen molar-refractivity contribution in [2.45, 2.75) is 31.1 Å². The summed E-state index contributed by atoms with van der Waals surface area (Å²) in [6.45, 7) is -0.613. The second kappa shape index (κ2) is 9.49. The summed E-state index contributed by atoms with van der Waals surface area (Å²) in [5.41, 5.74) is -4.07. The Hall–Kier alpha value is -3.13. The predicted molar refractivity (Wildman–Crippen MR) is 109 cm³/mol. The zero-order valence-electron chi connectivity index (χ0n) is 16.8. The summed E-state index contributed by atoms with van der Waals surface area (Å²) in [7, 11) is 0. The maximum absolute atomic E-state index is 14.0. The van der Waals surface area contributed by atoms with E-state index in [1.54, 1.807) is 0 Å². The molecule has 7 nitrogen and oxygen atoms in total. The highest BCUT2D eigenvalue weighted by atomic mass is 35.5. The smallest absolute Gasteiger partial charge is 0.465 e. The largest absolute Gasteiger partial charge is 0.573 e. The van der Waals surface area contributed by atoms with Gasteiger partial charge in [0, 0.05) is 23.4 Å². The summed E-state index contributed by atoms with van der Waals surface area (Å²) in [6, 6.07) is 4.26. The summed E-state index contributed by atoms with van der Waals surface area (Å²) < 4.78 is 97.6. The number of ether oxygens (including phenoxy) is 1. The van der Waals surface area contributed by atoms with E-state index >= 15 is 0 Å². The van der Waals surface area contributed by atoms with Gasteiger partial charge in [0.2, 0.25) is 0 Å². The lowest BCUT2D eigenvalue weighted by atomic mass is 9.89. The Bertz CT molecular complexity index is 1150. The van der Waals surface area contributed by atoms with Crippen LogP contribution in [0.3, 0.4) is 0 Å². The van der Waals surface area contributed by atoms with Crippen molar-refractivity contribution in [2.24, 2.45) is 5.16 Å². The van der Waals surface area contributed by atoms with E-state index < -0.39 is 70.2 Å². The van der Waals surface area contributed by atoms with E-state index in [1.807, 2.05) is 5.32 Å². The molecule has 0 saturated heterocycles. The molecule has 190 valence electrons. The molecule has 2 aromatic carbocycles. The molecule has 0 fully saturated rings. The molecule has 1 heterocycles. The van der Waals surface area contributed by atoms with E-state index in [4.69, 9.17) is 33.1 Å². The zero-order chi connectivity index (χ0) is 26.2. The number of rotatable bonds is 5. The predicted octanol–water partition coefficient (Wildman–Crippen LogP) is 6.40. The number of nitrogens with zero attached hydrogens (tertiary/aromatic N) is 1. The van der Waals surface area contributed by atoms with Gasteiger partial charge in [-0.1, -0.05) is 28.4 Å². The van der Waals surface area contributed by atoms with Crippen molar-refractivity contribution in [3.63, 3.8) is 0 Å². The fourth-order valence-electron chi connectivity index (χ4n) is 3.12. The molecule has 1 amide bonds. The SMILES string of the molecule is O=C(O)NCc1cc(NC2=NOC(c3cc(Cl)c(F)c(Cl)c3)(C(F)(F)F)C2)ccc1OC(F)(F)F. The number of hydrogen-bond donors (Lipinski definition) is 3. The van der Waals surface area contributed by atoms with Crippen LogP contribution in [-0.4, -0.2) is 29.6 Å². The quantitative estimate of drug-likeness (QED) is 0.296. The minimum absolute atomic E-state index is 0.0581. The maximum Gasteiger partial charge on any atom is 0.573 e. The third-order valence-electron chi connectivity index (χ3n) is 4.64. The monoisotopic (exact) mass is 549 g/mol. The summed E-state index contributed by atoms with van der Waals surface area (Å²) in [5.74, 6) is -2.27. The molecule has 1 unspecified atom stereocenters.